The number of allylic oxidation sites excluding steroid dienone is 2. The molecule has 0 radical (unpaired) electrons. The molecule has 2 aliphatic rings. The molecular weight excluding hydrogens is 364 g/mol. The Balaban J connectivity index is 1.57. The van der Waals surface area contributed by atoms with Gasteiger partial charge in [0, 0.05) is 30.1 Å². The lowest BCUT2D eigenvalue weighted by Crippen LogP contribution is -2.48. The van der Waals surface area contributed by atoms with E-state index in [2.05, 4.69) is 17.6 Å². The second-order valence-corrected chi connectivity index (χ2v) is 7.69. The number of benzene rings is 2. The molecule has 0 unspecified atom stereocenters. The average molecular weight is 388 g/mol. The Hall–Kier alpha value is -3.21. The molecule has 3 atom stereocenters. The van der Waals surface area contributed by atoms with Crippen LogP contribution in [0.1, 0.15) is 36.8 Å². The van der Waals surface area contributed by atoms with E-state index in [1.807, 2.05) is 60.7 Å². The third-order valence-electron chi connectivity index (χ3n) is 5.77. The maximum Gasteiger partial charge on any atom is 0.229 e. The van der Waals surface area contributed by atoms with E-state index in [1.165, 1.54) is 5.56 Å². The van der Waals surface area contributed by atoms with Crippen LogP contribution in [0.4, 0.5) is 5.69 Å². The van der Waals surface area contributed by atoms with Gasteiger partial charge in [-0.05, 0) is 29.7 Å². The maximum atomic E-state index is 13.0. The van der Waals surface area contributed by atoms with Crippen molar-refractivity contribution < 1.29 is 14.4 Å². The fourth-order valence-corrected chi connectivity index (χ4v) is 4.20. The van der Waals surface area contributed by atoms with Crippen LogP contribution >= 0.6 is 0 Å². The first-order valence-corrected chi connectivity index (χ1v) is 10.0. The first-order valence-electron chi connectivity index (χ1n) is 10.0. The molecule has 0 aromatic heterocycles. The number of hydrogen-bond acceptors (Lipinski definition) is 3. The Bertz CT molecular complexity index is 963. The highest BCUT2D eigenvalue weighted by Gasteiger charge is 2.44. The number of anilines is 1. The molecule has 4 rings (SSSR count). The van der Waals surface area contributed by atoms with E-state index in [0.29, 0.717) is 17.8 Å². The van der Waals surface area contributed by atoms with Gasteiger partial charge in [-0.2, -0.15) is 0 Å². The van der Waals surface area contributed by atoms with Gasteiger partial charge >= 0.3 is 0 Å². The number of nitrogens with one attached hydrogen (secondary N) is 2. The molecule has 2 aromatic carbocycles. The van der Waals surface area contributed by atoms with Crippen molar-refractivity contribution in [3.63, 3.8) is 0 Å². The molecule has 0 spiro atoms. The maximum absolute atomic E-state index is 13.0. The number of aryl methyl sites for hydroxylation is 1. The van der Waals surface area contributed by atoms with E-state index in [0.717, 1.165) is 12.0 Å². The van der Waals surface area contributed by atoms with Gasteiger partial charge in [-0.25, -0.2) is 0 Å². The fraction of sp³-hybridized carbons (Fsp3) is 0.292. The fourth-order valence-electron chi connectivity index (χ4n) is 4.20. The van der Waals surface area contributed by atoms with Crippen LogP contribution in [0.2, 0.25) is 0 Å². The predicted octanol–water partition coefficient (Wildman–Crippen LogP) is 3.58. The van der Waals surface area contributed by atoms with E-state index in [1.54, 1.807) is 0 Å². The second-order valence-electron chi connectivity index (χ2n) is 7.69. The lowest BCUT2D eigenvalue weighted by atomic mass is 9.72. The number of amides is 2. The van der Waals surface area contributed by atoms with Gasteiger partial charge in [-0.15, -0.1) is 0 Å². The van der Waals surface area contributed by atoms with Gasteiger partial charge in [0.1, 0.15) is 5.78 Å². The van der Waals surface area contributed by atoms with E-state index < -0.39 is 11.8 Å². The monoisotopic (exact) mass is 388 g/mol. The molecule has 1 aliphatic heterocycles. The number of hydrogen-bond donors (Lipinski definition) is 2. The lowest BCUT2D eigenvalue weighted by molar-refractivity contribution is -0.136. The summed E-state index contributed by atoms with van der Waals surface area (Å²) in [5.41, 5.74) is 3.45. The summed E-state index contributed by atoms with van der Waals surface area (Å²) in [4.78, 5) is 38.2. The third-order valence-corrected chi connectivity index (χ3v) is 5.77. The van der Waals surface area contributed by atoms with Crippen molar-refractivity contribution in [1.82, 2.24) is 5.32 Å². The summed E-state index contributed by atoms with van der Waals surface area (Å²) in [5.74, 6) is -1.88. The van der Waals surface area contributed by atoms with Crippen LogP contribution < -0.4 is 10.6 Å². The molecular formula is C24H24N2O3. The summed E-state index contributed by atoms with van der Waals surface area (Å²) in [6.45, 7) is 2.07. The number of Topliss-reactive ketones (excluding diaryl/α,β-unsaturated/α-hetero) is 1. The van der Waals surface area contributed by atoms with Crippen LogP contribution in [-0.4, -0.2) is 17.6 Å². The van der Waals surface area contributed by atoms with Crippen molar-refractivity contribution in [1.29, 1.82) is 0 Å². The van der Waals surface area contributed by atoms with Crippen molar-refractivity contribution in [2.24, 2.45) is 11.8 Å². The van der Waals surface area contributed by atoms with Crippen molar-refractivity contribution in [2.45, 2.75) is 32.1 Å². The Morgan fingerprint density at radius 3 is 2.45 bits per heavy atom. The third kappa shape index (κ3) is 3.99. The molecule has 1 saturated heterocycles. The Labute approximate surface area is 170 Å². The van der Waals surface area contributed by atoms with Gasteiger partial charge in [-0.1, -0.05) is 55.5 Å². The molecule has 0 saturated carbocycles. The Kier molecular flexibility index (Phi) is 5.30. The summed E-state index contributed by atoms with van der Waals surface area (Å²) in [7, 11) is 0. The van der Waals surface area contributed by atoms with Gasteiger partial charge in [0.25, 0.3) is 0 Å². The van der Waals surface area contributed by atoms with Crippen molar-refractivity contribution >= 4 is 23.3 Å². The smallest absolute Gasteiger partial charge is 0.229 e. The quantitative estimate of drug-likeness (QED) is 0.841. The SMILES string of the molecule is CCc1ccc(NC(=O)[C@H]2CC(=O)NC3=C[C@H](c4ccccc4)CC(=O)[C@H]32)cc1. The number of carbonyl (C=O) groups excluding carboxylic acids is 3. The second kappa shape index (κ2) is 8.03. The molecule has 5 nitrogen and oxygen atoms in total. The van der Waals surface area contributed by atoms with Gasteiger partial charge in [-0.3, -0.25) is 14.4 Å². The van der Waals surface area contributed by atoms with Crippen LogP contribution in [0, 0.1) is 11.8 Å². The molecule has 2 N–H and O–H groups in total. The van der Waals surface area contributed by atoms with Crippen LogP contribution in [0.25, 0.3) is 0 Å². The zero-order valence-corrected chi connectivity index (χ0v) is 16.4. The van der Waals surface area contributed by atoms with Crippen molar-refractivity contribution in [2.75, 3.05) is 5.32 Å². The summed E-state index contributed by atoms with van der Waals surface area (Å²) in [6.07, 6.45) is 3.21. The minimum Gasteiger partial charge on any atom is -0.329 e. The highest BCUT2D eigenvalue weighted by molar-refractivity contribution is 6.02. The van der Waals surface area contributed by atoms with Crippen LogP contribution in [0.15, 0.2) is 66.4 Å². The largest absolute Gasteiger partial charge is 0.329 e. The van der Waals surface area contributed by atoms with E-state index in [-0.39, 0.29) is 29.9 Å². The molecule has 1 aliphatic carbocycles. The molecule has 1 fully saturated rings. The normalized spacial score (nSPS) is 23.6. The Morgan fingerprint density at radius 1 is 1.03 bits per heavy atom. The van der Waals surface area contributed by atoms with Gasteiger partial charge in [0.15, 0.2) is 0 Å². The van der Waals surface area contributed by atoms with Gasteiger partial charge in [0.2, 0.25) is 11.8 Å². The van der Waals surface area contributed by atoms with E-state index >= 15 is 0 Å². The molecule has 29 heavy (non-hydrogen) atoms. The minimum atomic E-state index is -0.690. The molecule has 5 heteroatoms. The van der Waals surface area contributed by atoms with E-state index in [4.69, 9.17) is 0 Å². The first-order chi connectivity index (χ1) is 14.0. The molecule has 148 valence electrons. The van der Waals surface area contributed by atoms with Crippen LogP contribution in [0.5, 0.6) is 0 Å². The first kappa shape index (κ1) is 19.1. The highest BCUT2D eigenvalue weighted by Crippen LogP contribution is 2.38. The highest BCUT2D eigenvalue weighted by atomic mass is 16.2. The molecule has 1 heterocycles. The Morgan fingerprint density at radius 2 is 1.76 bits per heavy atom. The van der Waals surface area contributed by atoms with E-state index in [9.17, 15) is 14.4 Å². The number of ketones is 1. The van der Waals surface area contributed by atoms with Crippen molar-refractivity contribution in [3.05, 3.63) is 77.5 Å². The average Bonchev–Trinajstić information content (AvgIpc) is 2.74. The summed E-state index contributed by atoms with van der Waals surface area (Å²) < 4.78 is 0. The van der Waals surface area contributed by atoms with Crippen molar-refractivity contribution in [3.8, 4) is 0 Å². The number of fused-ring (bicyclic) bond motifs is 1. The van der Waals surface area contributed by atoms with Crippen LogP contribution in [0.3, 0.4) is 0 Å². The van der Waals surface area contributed by atoms with Gasteiger partial charge in [0.05, 0.1) is 11.8 Å². The number of piperidine rings is 1. The standard InChI is InChI=1S/C24H24N2O3/c1-2-15-8-10-18(11-9-15)25-24(29)19-14-22(28)26-20-12-17(13-21(27)23(19)20)16-6-4-3-5-7-16/h3-12,17,19,23H,2,13-14H2,1H3,(H,25,29)(H,26,28)/t17-,19-,23-/m0/s1. The topological polar surface area (TPSA) is 75.3 Å². The zero-order valence-electron chi connectivity index (χ0n) is 16.4. The van der Waals surface area contributed by atoms with Gasteiger partial charge < -0.3 is 10.6 Å². The predicted molar refractivity (Wildman–Crippen MR) is 111 cm³/mol. The minimum absolute atomic E-state index is 0.00201. The molecule has 0 bridgehead atoms. The summed E-state index contributed by atoms with van der Waals surface area (Å²) >= 11 is 0. The summed E-state index contributed by atoms with van der Waals surface area (Å²) in [5, 5.41) is 5.72. The summed E-state index contributed by atoms with van der Waals surface area (Å²) in [6, 6.07) is 17.4. The molecule has 2 amide bonds. The number of carbonyl (C=O) groups is 3. The number of rotatable bonds is 4. The van der Waals surface area contributed by atoms with Crippen LogP contribution in [-0.2, 0) is 20.8 Å². The zero-order chi connectivity index (χ0) is 20.4. The molecule has 2 aromatic rings. The lowest BCUT2D eigenvalue weighted by Gasteiger charge is -2.36.